The van der Waals surface area contributed by atoms with E-state index >= 15 is 0 Å². The first-order chi connectivity index (χ1) is 5.04. The molecule has 11 heavy (non-hydrogen) atoms. The van der Waals surface area contributed by atoms with Gasteiger partial charge in [-0.1, -0.05) is 13.8 Å². The van der Waals surface area contributed by atoms with Crippen molar-refractivity contribution in [1.82, 2.24) is 10.2 Å². The van der Waals surface area contributed by atoms with Crippen LogP contribution in [-0.2, 0) is 0 Å². The molecular formula is C8H20N2O. The van der Waals surface area contributed by atoms with Gasteiger partial charge in [0.2, 0.25) is 0 Å². The maximum atomic E-state index is 9.31. The summed E-state index contributed by atoms with van der Waals surface area (Å²) in [6.45, 7) is 5.79. The maximum Gasteiger partial charge on any atom is 0.107 e. The van der Waals surface area contributed by atoms with Crippen LogP contribution in [0.3, 0.4) is 0 Å². The highest BCUT2D eigenvalue weighted by atomic mass is 16.3. The first-order valence-corrected chi connectivity index (χ1v) is 4.10. The zero-order valence-electron chi connectivity index (χ0n) is 7.96. The molecule has 0 rings (SSSR count). The molecule has 0 fully saturated rings. The zero-order chi connectivity index (χ0) is 8.85. The number of aliphatic hydroxyl groups is 1. The third kappa shape index (κ3) is 6.28. The fourth-order valence-electron chi connectivity index (χ4n) is 0.672. The van der Waals surface area contributed by atoms with Gasteiger partial charge in [0.1, 0.15) is 6.23 Å². The molecule has 0 aliphatic carbocycles. The van der Waals surface area contributed by atoms with Crippen molar-refractivity contribution in [3.05, 3.63) is 0 Å². The van der Waals surface area contributed by atoms with Crippen LogP contribution in [0.25, 0.3) is 0 Å². The van der Waals surface area contributed by atoms with E-state index in [-0.39, 0.29) is 12.1 Å². The molecule has 0 saturated heterocycles. The van der Waals surface area contributed by atoms with Crippen LogP contribution in [0.5, 0.6) is 0 Å². The molecule has 0 radical (unpaired) electrons. The lowest BCUT2D eigenvalue weighted by Gasteiger charge is -2.17. The summed E-state index contributed by atoms with van der Waals surface area (Å²) in [6, 6.07) is 0. The number of hydrogen-bond donors (Lipinski definition) is 2. The van der Waals surface area contributed by atoms with Crippen LogP contribution >= 0.6 is 0 Å². The van der Waals surface area contributed by atoms with Crippen molar-refractivity contribution in [3.63, 3.8) is 0 Å². The van der Waals surface area contributed by atoms with E-state index in [1.807, 2.05) is 27.9 Å². The van der Waals surface area contributed by atoms with Crippen molar-refractivity contribution < 1.29 is 5.11 Å². The van der Waals surface area contributed by atoms with Gasteiger partial charge in [-0.3, -0.25) is 5.32 Å². The Balaban J connectivity index is 3.24. The lowest BCUT2D eigenvalue weighted by Crippen LogP contribution is -2.37. The number of nitrogens with zero attached hydrogens (tertiary/aromatic N) is 1. The number of nitrogens with one attached hydrogen (secondary N) is 1. The lowest BCUT2D eigenvalue weighted by atomic mass is 10.2. The molecular weight excluding hydrogens is 140 g/mol. The van der Waals surface area contributed by atoms with E-state index in [1.165, 1.54) is 0 Å². The topological polar surface area (TPSA) is 35.5 Å². The van der Waals surface area contributed by atoms with Crippen LogP contribution in [-0.4, -0.2) is 43.4 Å². The van der Waals surface area contributed by atoms with E-state index in [1.54, 1.807) is 0 Å². The van der Waals surface area contributed by atoms with Crippen LogP contribution in [0.1, 0.15) is 13.8 Å². The Hall–Kier alpha value is -0.120. The van der Waals surface area contributed by atoms with Crippen molar-refractivity contribution in [1.29, 1.82) is 0 Å². The summed E-state index contributed by atoms with van der Waals surface area (Å²) in [6.07, 6.45) is -0.366. The molecule has 0 aliphatic rings. The number of hydrogen-bond acceptors (Lipinski definition) is 3. The molecule has 0 aliphatic heterocycles. The van der Waals surface area contributed by atoms with E-state index < -0.39 is 0 Å². The minimum atomic E-state index is -0.366. The van der Waals surface area contributed by atoms with Crippen molar-refractivity contribution in [3.8, 4) is 0 Å². The smallest absolute Gasteiger partial charge is 0.107 e. The van der Waals surface area contributed by atoms with E-state index in [4.69, 9.17) is 0 Å². The molecule has 3 nitrogen and oxygen atoms in total. The monoisotopic (exact) mass is 160 g/mol. The van der Waals surface area contributed by atoms with Gasteiger partial charge in [-0.15, -0.1) is 0 Å². The van der Waals surface area contributed by atoms with Gasteiger partial charge in [-0.25, -0.2) is 0 Å². The minimum absolute atomic E-state index is 0.289. The first-order valence-electron chi connectivity index (χ1n) is 4.10. The molecule has 0 heterocycles. The Bertz CT molecular complexity index is 94.1. The molecule has 0 saturated carbocycles. The average Bonchev–Trinajstić information content (AvgIpc) is 1.86. The van der Waals surface area contributed by atoms with Gasteiger partial charge in [0.25, 0.3) is 0 Å². The van der Waals surface area contributed by atoms with Gasteiger partial charge >= 0.3 is 0 Å². The fraction of sp³-hybridized carbons (Fsp3) is 1.00. The molecule has 0 aromatic rings. The van der Waals surface area contributed by atoms with Gasteiger partial charge in [0, 0.05) is 13.1 Å². The summed E-state index contributed by atoms with van der Waals surface area (Å²) >= 11 is 0. The SMILES string of the molecule is CC(C)C(O)NCCN(C)C. The maximum absolute atomic E-state index is 9.31. The largest absolute Gasteiger partial charge is 0.378 e. The summed E-state index contributed by atoms with van der Waals surface area (Å²) in [5, 5.41) is 12.3. The van der Waals surface area contributed by atoms with E-state index in [2.05, 4.69) is 10.2 Å². The number of aliphatic hydroxyl groups excluding tert-OH is 1. The zero-order valence-corrected chi connectivity index (χ0v) is 7.96. The lowest BCUT2D eigenvalue weighted by molar-refractivity contribution is 0.0889. The summed E-state index contributed by atoms with van der Waals surface area (Å²) in [5.74, 6) is 0.289. The van der Waals surface area contributed by atoms with Crippen LogP contribution < -0.4 is 5.32 Å². The predicted octanol–water partition coefficient (Wildman–Crippen LogP) is 0.112. The van der Waals surface area contributed by atoms with E-state index in [0.717, 1.165) is 13.1 Å². The Kier molecular flexibility index (Phi) is 5.46. The second-order valence-corrected chi connectivity index (χ2v) is 3.45. The molecule has 3 heteroatoms. The second-order valence-electron chi connectivity index (χ2n) is 3.45. The molecule has 1 atom stereocenters. The van der Waals surface area contributed by atoms with Crippen molar-refractivity contribution in [2.24, 2.45) is 5.92 Å². The highest BCUT2D eigenvalue weighted by Gasteiger charge is 2.06. The molecule has 2 N–H and O–H groups in total. The molecule has 0 amide bonds. The summed E-state index contributed by atoms with van der Waals surface area (Å²) in [4.78, 5) is 2.08. The van der Waals surface area contributed by atoms with Crippen LogP contribution in [0.2, 0.25) is 0 Å². The third-order valence-corrected chi connectivity index (χ3v) is 1.54. The molecule has 0 spiro atoms. The Labute approximate surface area is 69.4 Å². The molecule has 0 bridgehead atoms. The fourth-order valence-corrected chi connectivity index (χ4v) is 0.672. The number of likely N-dealkylation sites (N-methyl/N-ethyl adjacent to an activating group) is 1. The normalized spacial score (nSPS) is 14.5. The van der Waals surface area contributed by atoms with E-state index in [0.29, 0.717) is 0 Å². The van der Waals surface area contributed by atoms with Gasteiger partial charge in [-0.2, -0.15) is 0 Å². The standard InChI is InChI=1S/C8H20N2O/c1-7(2)8(11)9-5-6-10(3)4/h7-9,11H,5-6H2,1-4H3. The van der Waals surface area contributed by atoms with Crippen molar-refractivity contribution in [2.75, 3.05) is 27.2 Å². The molecule has 68 valence electrons. The van der Waals surface area contributed by atoms with Crippen molar-refractivity contribution in [2.45, 2.75) is 20.1 Å². The van der Waals surface area contributed by atoms with Gasteiger partial charge in [0.05, 0.1) is 0 Å². The Morgan fingerprint density at radius 2 is 1.91 bits per heavy atom. The predicted molar refractivity (Wildman–Crippen MR) is 47.4 cm³/mol. The first kappa shape index (κ1) is 10.9. The third-order valence-electron chi connectivity index (χ3n) is 1.54. The average molecular weight is 160 g/mol. The Morgan fingerprint density at radius 1 is 1.36 bits per heavy atom. The molecule has 1 unspecified atom stereocenters. The minimum Gasteiger partial charge on any atom is -0.378 e. The second kappa shape index (κ2) is 5.52. The van der Waals surface area contributed by atoms with Crippen LogP contribution in [0, 0.1) is 5.92 Å². The summed E-state index contributed by atoms with van der Waals surface area (Å²) in [5.41, 5.74) is 0. The van der Waals surface area contributed by atoms with Crippen molar-refractivity contribution >= 4 is 0 Å². The molecule has 0 aromatic heterocycles. The summed E-state index contributed by atoms with van der Waals surface area (Å²) < 4.78 is 0. The van der Waals surface area contributed by atoms with Gasteiger partial charge < -0.3 is 10.0 Å². The van der Waals surface area contributed by atoms with E-state index in [9.17, 15) is 5.11 Å². The molecule has 0 aromatic carbocycles. The van der Waals surface area contributed by atoms with Gasteiger partial charge in [-0.05, 0) is 20.0 Å². The van der Waals surface area contributed by atoms with Crippen LogP contribution in [0.4, 0.5) is 0 Å². The Morgan fingerprint density at radius 3 is 2.27 bits per heavy atom. The van der Waals surface area contributed by atoms with Crippen LogP contribution in [0.15, 0.2) is 0 Å². The van der Waals surface area contributed by atoms with Gasteiger partial charge in [0.15, 0.2) is 0 Å². The number of rotatable bonds is 5. The highest BCUT2D eigenvalue weighted by Crippen LogP contribution is 1.95. The summed E-state index contributed by atoms with van der Waals surface area (Å²) in [7, 11) is 4.03. The quantitative estimate of drug-likeness (QED) is 0.560. The highest BCUT2D eigenvalue weighted by molar-refractivity contribution is 4.58.